The van der Waals surface area contributed by atoms with Crippen LogP contribution in [-0.4, -0.2) is 28.4 Å². The molecule has 0 bridgehead atoms. The van der Waals surface area contributed by atoms with Crippen LogP contribution in [0.15, 0.2) is 59.6 Å². The molecule has 3 nitrogen and oxygen atoms in total. The number of benzene rings is 2. The maximum Gasteiger partial charge on any atom is 0.0536 e. The van der Waals surface area contributed by atoms with Gasteiger partial charge in [-0.1, -0.05) is 54.6 Å². The second-order valence-electron chi connectivity index (χ2n) is 8.25. The summed E-state index contributed by atoms with van der Waals surface area (Å²) in [4.78, 5) is 4.79. The minimum absolute atomic E-state index is 0.184. The summed E-state index contributed by atoms with van der Waals surface area (Å²) >= 11 is 0. The summed E-state index contributed by atoms with van der Waals surface area (Å²) in [5, 5.41) is 13.7. The van der Waals surface area contributed by atoms with E-state index in [1.807, 2.05) is 40.0 Å². The van der Waals surface area contributed by atoms with Crippen LogP contribution in [0.3, 0.4) is 0 Å². The van der Waals surface area contributed by atoms with E-state index in [4.69, 9.17) is 4.99 Å². The van der Waals surface area contributed by atoms with Crippen molar-refractivity contribution >= 4 is 6.21 Å². The highest BCUT2D eigenvalue weighted by Gasteiger charge is 2.45. The van der Waals surface area contributed by atoms with Gasteiger partial charge in [-0.25, -0.2) is 0 Å². The van der Waals surface area contributed by atoms with E-state index < -0.39 is 0 Å². The summed E-state index contributed by atoms with van der Waals surface area (Å²) in [5.74, 6) is 0. The van der Waals surface area contributed by atoms with E-state index in [9.17, 15) is 5.21 Å². The molecule has 1 heterocycles. The predicted octanol–water partition coefficient (Wildman–Crippen LogP) is 5.14. The monoisotopic (exact) mass is 335 g/mol. The molecule has 0 aromatic heterocycles. The lowest BCUT2D eigenvalue weighted by atomic mass is 9.79. The van der Waals surface area contributed by atoms with E-state index in [2.05, 4.69) is 48.5 Å². The van der Waals surface area contributed by atoms with Crippen molar-refractivity contribution in [3.05, 3.63) is 60.2 Å². The highest BCUT2D eigenvalue weighted by atomic mass is 16.5. The number of aliphatic imine (C=N–C) groups is 1. The van der Waals surface area contributed by atoms with E-state index in [0.717, 1.165) is 18.4 Å². The van der Waals surface area contributed by atoms with Crippen LogP contribution in [-0.2, 0) is 5.21 Å². The lowest BCUT2D eigenvalue weighted by molar-refractivity contribution is -0.288. The van der Waals surface area contributed by atoms with Gasteiger partial charge >= 0.3 is 0 Å². The van der Waals surface area contributed by atoms with Gasteiger partial charge in [0.15, 0.2) is 0 Å². The van der Waals surface area contributed by atoms with Crippen molar-refractivity contribution in [1.29, 1.82) is 0 Å². The Morgan fingerprint density at radius 3 is 1.96 bits per heavy atom. The van der Waals surface area contributed by atoms with Crippen molar-refractivity contribution in [2.24, 2.45) is 4.99 Å². The zero-order valence-electron chi connectivity index (χ0n) is 15.6. The minimum atomic E-state index is -0.374. The molecular formula is C22H27N2O. The molecule has 3 heteroatoms. The average Bonchev–Trinajstić information content (AvgIpc) is 2.59. The highest BCUT2D eigenvalue weighted by Crippen LogP contribution is 2.38. The fourth-order valence-electron chi connectivity index (χ4n) is 3.90. The first kappa shape index (κ1) is 17.8. The maximum atomic E-state index is 12.4. The summed E-state index contributed by atoms with van der Waals surface area (Å²) in [5.41, 5.74) is 2.78. The molecule has 0 N–H and O–H groups in total. The molecule has 25 heavy (non-hydrogen) atoms. The van der Waals surface area contributed by atoms with Gasteiger partial charge in [-0.3, -0.25) is 4.99 Å². The summed E-state index contributed by atoms with van der Waals surface area (Å²) in [7, 11) is 0. The first-order valence-electron chi connectivity index (χ1n) is 8.94. The van der Waals surface area contributed by atoms with Crippen molar-refractivity contribution < 1.29 is 5.21 Å². The fraction of sp³-hybridized carbons (Fsp3) is 0.409. The van der Waals surface area contributed by atoms with Gasteiger partial charge in [-0.15, -0.1) is 10.3 Å². The van der Waals surface area contributed by atoms with Gasteiger partial charge in [0.25, 0.3) is 0 Å². The van der Waals surface area contributed by atoms with Crippen molar-refractivity contribution in [2.75, 3.05) is 0 Å². The molecule has 1 aliphatic rings. The van der Waals surface area contributed by atoms with Crippen LogP contribution < -0.4 is 0 Å². The van der Waals surface area contributed by atoms with Gasteiger partial charge in [0.05, 0.1) is 6.04 Å². The SMILES string of the molecule is CC1(C)CC(N=Cc2ccc(-c3ccccc3)cc2)CC(C)(C)N1[O]. The molecule has 0 aliphatic carbocycles. The van der Waals surface area contributed by atoms with E-state index in [1.165, 1.54) is 16.2 Å². The van der Waals surface area contributed by atoms with Crippen LogP contribution in [0.1, 0.15) is 46.1 Å². The molecule has 0 saturated carbocycles. The number of piperidine rings is 1. The quantitative estimate of drug-likeness (QED) is 0.715. The van der Waals surface area contributed by atoms with Crippen LogP contribution in [0, 0.1) is 0 Å². The topological polar surface area (TPSA) is 35.5 Å². The molecule has 2 aromatic rings. The lowest BCUT2D eigenvalue weighted by Crippen LogP contribution is -2.59. The Bertz CT molecular complexity index is 714. The average molecular weight is 335 g/mol. The third kappa shape index (κ3) is 4.00. The van der Waals surface area contributed by atoms with Crippen molar-refractivity contribution in [2.45, 2.75) is 57.7 Å². The zero-order chi connectivity index (χ0) is 18.1. The van der Waals surface area contributed by atoms with Crippen LogP contribution in [0.5, 0.6) is 0 Å². The first-order valence-corrected chi connectivity index (χ1v) is 8.94. The summed E-state index contributed by atoms with van der Waals surface area (Å²) in [6.45, 7) is 8.05. The Morgan fingerprint density at radius 2 is 1.40 bits per heavy atom. The molecule has 1 fully saturated rings. The van der Waals surface area contributed by atoms with Crippen LogP contribution >= 0.6 is 0 Å². The molecule has 131 valence electrons. The summed E-state index contributed by atoms with van der Waals surface area (Å²) in [6.07, 6.45) is 3.53. The molecule has 0 unspecified atom stereocenters. The Kier molecular flexibility index (Phi) is 4.81. The molecule has 0 atom stereocenters. The second-order valence-corrected chi connectivity index (χ2v) is 8.25. The van der Waals surface area contributed by atoms with Crippen LogP contribution in [0.2, 0.25) is 0 Å². The summed E-state index contributed by atoms with van der Waals surface area (Å²) < 4.78 is 0. The van der Waals surface area contributed by atoms with Crippen molar-refractivity contribution in [3.8, 4) is 11.1 Å². The summed E-state index contributed by atoms with van der Waals surface area (Å²) in [6, 6.07) is 19.0. The molecule has 2 aromatic carbocycles. The Labute approximate surface area is 151 Å². The molecule has 0 spiro atoms. The first-order chi connectivity index (χ1) is 11.8. The minimum Gasteiger partial charge on any atom is -0.289 e. The number of hydrogen-bond donors (Lipinski definition) is 0. The third-order valence-electron chi connectivity index (χ3n) is 5.02. The number of nitrogens with zero attached hydrogens (tertiary/aromatic N) is 2. The van der Waals surface area contributed by atoms with Gasteiger partial charge in [0.1, 0.15) is 0 Å². The van der Waals surface area contributed by atoms with Gasteiger partial charge in [-0.2, -0.15) is 0 Å². The normalized spacial score (nSPS) is 20.8. The predicted molar refractivity (Wildman–Crippen MR) is 103 cm³/mol. The van der Waals surface area contributed by atoms with Crippen molar-refractivity contribution in [1.82, 2.24) is 5.06 Å². The fourth-order valence-corrected chi connectivity index (χ4v) is 3.90. The third-order valence-corrected chi connectivity index (χ3v) is 5.02. The second kappa shape index (κ2) is 6.74. The largest absolute Gasteiger partial charge is 0.289 e. The van der Waals surface area contributed by atoms with Gasteiger partial charge in [-0.05, 0) is 57.2 Å². The standard InChI is InChI=1S/C22H27N2O/c1-21(2)14-20(15-22(3,4)24(21)25)23-16-17-10-12-19(13-11-17)18-8-6-5-7-9-18/h5-13,16,20H,14-15H2,1-4H3. The maximum absolute atomic E-state index is 12.4. The molecule has 1 aliphatic heterocycles. The highest BCUT2D eigenvalue weighted by molar-refractivity contribution is 5.81. The molecule has 0 amide bonds. The Hall–Kier alpha value is -1.97. The van der Waals surface area contributed by atoms with Crippen LogP contribution in [0.4, 0.5) is 0 Å². The van der Waals surface area contributed by atoms with E-state index in [1.54, 1.807) is 0 Å². The van der Waals surface area contributed by atoms with Crippen LogP contribution in [0.25, 0.3) is 11.1 Å². The molecule has 1 radical (unpaired) electrons. The molecule has 1 saturated heterocycles. The smallest absolute Gasteiger partial charge is 0.0536 e. The van der Waals surface area contributed by atoms with E-state index in [-0.39, 0.29) is 17.1 Å². The van der Waals surface area contributed by atoms with E-state index >= 15 is 0 Å². The van der Waals surface area contributed by atoms with E-state index in [0.29, 0.717) is 0 Å². The number of hydrogen-bond acceptors (Lipinski definition) is 2. The molecule has 3 rings (SSSR count). The van der Waals surface area contributed by atoms with Crippen molar-refractivity contribution in [3.63, 3.8) is 0 Å². The molecular weight excluding hydrogens is 308 g/mol. The Balaban J connectivity index is 1.72. The zero-order valence-corrected chi connectivity index (χ0v) is 15.6. The number of hydroxylamine groups is 2. The number of rotatable bonds is 3. The Morgan fingerprint density at radius 1 is 0.880 bits per heavy atom. The lowest BCUT2D eigenvalue weighted by Gasteiger charge is -2.48. The van der Waals surface area contributed by atoms with Gasteiger partial charge < -0.3 is 0 Å². The van der Waals surface area contributed by atoms with Gasteiger partial charge in [0.2, 0.25) is 0 Å². The van der Waals surface area contributed by atoms with Gasteiger partial charge in [0, 0.05) is 17.3 Å².